The van der Waals surface area contributed by atoms with Crippen molar-refractivity contribution in [1.29, 1.82) is 5.26 Å². The van der Waals surface area contributed by atoms with Crippen LogP contribution in [0.15, 0.2) is 11.4 Å². The molecule has 1 amide bonds. The number of methoxy groups -OCH3 is 1. The molecule has 0 spiro atoms. The minimum Gasteiger partial charge on any atom is -0.496 e. The molecule has 1 aromatic rings. The SMILES string of the molecule is COc1csc(C(=O)NCCC#N)c1. The number of thiophene rings is 1. The van der Waals surface area contributed by atoms with Crippen LogP contribution in [-0.2, 0) is 0 Å². The molecule has 4 nitrogen and oxygen atoms in total. The lowest BCUT2D eigenvalue weighted by Gasteiger charge is -1.98. The van der Waals surface area contributed by atoms with Gasteiger partial charge < -0.3 is 10.1 Å². The first-order chi connectivity index (χ1) is 6.77. The van der Waals surface area contributed by atoms with E-state index in [1.54, 1.807) is 18.6 Å². The van der Waals surface area contributed by atoms with E-state index in [1.165, 1.54) is 11.3 Å². The van der Waals surface area contributed by atoms with Crippen LogP contribution in [-0.4, -0.2) is 19.6 Å². The third-order valence-corrected chi connectivity index (χ3v) is 2.46. The highest BCUT2D eigenvalue weighted by molar-refractivity contribution is 7.12. The summed E-state index contributed by atoms with van der Waals surface area (Å²) in [7, 11) is 1.55. The number of rotatable bonds is 4. The molecule has 0 aliphatic heterocycles. The van der Waals surface area contributed by atoms with Crippen molar-refractivity contribution in [3.63, 3.8) is 0 Å². The van der Waals surface area contributed by atoms with Crippen LogP contribution in [0.25, 0.3) is 0 Å². The molecule has 1 rings (SSSR count). The molecule has 14 heavy (non-hydrogen) atoms. The van der Waals surface area contributed by atoms with Gasteiger partial charge in [0.2, 0.25) is 0 Å². The zero-order chi connectivity index (χ0) is 10.4. The van der Waals surface area contributed by atoms with Gasteiger partial charge in [0.05, 0.1) is 24.5 Å². The lowest BCUT2D eigenvalue weighted by Crippen LogP contribution is -2.23. The number of ether oxygens (including phenoxy) is 1. The predicted octanol–water partition coefficient (Wildman–Crippen LogP) is 1.40. The molecule has 0 saturated heterocycles. The molecule has 1 N–H and O–H groups in total. The maximum atomic E-state index is 11.4. The third-order valence-electron chi connectivity index (χ3n) is 1.56. The van der Waals surface area contributed by atoms with Gasteiger partial charge in [-0.25, -0.2) is 0 Å². The standard InChI is InChI=1S/C9H10N2O2S/c1-13-7-5-8(14-6-7)9(12)11-4-2-3-10/h5-6H,2,4H2,1H3,(H,11,12). The fourth-order valence-corrected chi connectivity index (χ4v) is 1.63. The Kier molecular flexibility index (Phi) is 3.95. The monoisotopic (exact) mass is 210 g/mol. The molecule has 0 radical (unpaired) electrons. The van der Waals surface area contributed by atoms with E-state index in [4.69, 9.17) is 10.00 Å². The number of hydrogen-bond acceptors (Lipinski definition) is 4. The van der Waals surface area contributed by atoms with Crippen LogP contribution in [0.2, 0.25) is 0 Å². The van der Waals surface area contributed by atoms with Crippen molar-refractivity contribution in [3.8, 4) is 11.8 Å². The lowest BCUT2D eigenvalue weighted by molar-refractivity contribution is 0.0958. The number of nitrogens with zero attached hydrogens (tertiary/aromatic N) is 1. The van der Waals surface area contributed by atoms with Gasteiger partial charge in [0, 0.05) is 18.0 Å². The number of nitrogens with one attached hydrogen (secondary N) is 1. The lowest BCUT2D eigenvalue weighted by atomic mass is 10.4. The third kappa shape index (κ3) is 2.75. The van der Waals surface area contributed by atoms with Crippen LogP contribution in [0.5, 0.6) is 5.75 Å². The Morgan fingerprint density at radius 2 is 2.57 bits per heavy atom. The van der Waals surface area contributed by atoms with Gasteiger partial charge in [-0.3, -0.25) is 4.79 Å². The average molecular weight is 210 g/mol. The van der Waals surface area contributed by atoms with E-state index in [1.807, 2.05) is 6.07 Å². The van der Waals surface area contributed by atoms with Gasteiger partial charge in [0.15, 0.2) is 0 Å². The molecular formula is C9H10N2O2S. The van der Waals surface area contributed by atoms with Crippen LogP contribution >= 0.6 is 11.3 Å². The van der Waals surface area contributed by atoms with Crippen molar-refractivity contribution < 1.29 is 9.53 Å². The Morgan fingerprint density at radius 1 is 1.79 bits per heavy atom. The summed E-state index contributed by atoms with van der Waals surface area (Å²) in [5.41, 5.74) is 0. The quantitative estimate of drug-likeness (QED) is 0.764. The summed E-state index contributed by atoms with van der Waals surface area (Å²) in [5.74, 6) is 0.522. The number of hydrogen-bond donors (Lipinski definition) is 1. The second-order valence-corrected chi connectivity index (χ2v) is 3.43. The molecule has 1 aromatic heterocycles. The minimum absolute atomic E-state index is 0.159. The van der Waals surface area contributed by atoms with E-state index in [2.05, 4.69) is 5.32 Å². The van der Waals surface area contributed by atoms with E-state index in [9.17, 15) is 4.79 Å². The summed E-state index contributed by atoms with van der Waals surface area (Å²) in [4.78, 5) is 12.0. The van der Waals surface area contributed by atoms with Crippen molar-refractivity contribution in [2.75, 3.05) is 13.7 Å². The molecule has 0 atom stereocenters. The molecule has 0 unspecified atom stereocenters. The molecule has 0 aromatic carbocycles. The van der Waals surface area contributed by atoms with Gasteiger partial charge in [-0.05, 0) is 0 Å². The molecule has 0 fully saturated rings. The summed E-state index contributed by atoms with van der Waals surface area (Å²) in [5, 5.41) is 12.7. The maximum Gasteiger partial charge on any atom is 0.261 e. The smallest absolute Gasteiger partial charge is 0.261 e. The molecular weight excluding hydrogens is 200 g/mol. The Hall–Kier alpha value is -1.54. The van der Waals surface area contributed by atoms with Crippen molar-refractivity contribution >= 4 is 17.2 Å². The molecule has 5 heteroatoms. The van der Waals surface area contributed by atoms with Gasteiger partial charge in [0.25, 0.3) is 5.91 Å². The Labute approximate surface area is 86.1 Å². The van der Waals surface area contributed by atoms with Crippen LogP contribution in [0.1, 0.15) is 16.1 Å². The van der Waals surface area contributed by atoms with E-state index < -0.39 is 0 Å². The summed E-state index contributed by atoms with van der Waals surface area (Å²) in [6, 6.07) is 3.63. The summed E-state index contributed by atoms with van der Waals surface area (Å²) in [6.45, 7) is 0.384. The highest BCUT2D eigenvalue weighted by Gasteiger charge is 2.07. The first-order valence-corrected chi connectivity index (χ1v) is 4.93. The van der Waals surface area contributed by atoms with Gasteiger partial charge in [-0.2, -0.15) is 5.26 Å². The molecule has 0 aliphatic carbocycles. The van der Waals surface area contributed by atoms with Crippen LogP contribution < -0.4 is 10.1 Å². The van der Waals surface area contributed by atoms with E-state index in [0.29, 0.717) is 23.6 Å². The average Bonchev–Trinajstić information content (AvgIpc) is 2.66. The molecule has 0 bridgehead atoms. The van der Waals surface area contributed by atoms with Crippen molar-refractivity contribution in [2.24, 2.45) is 0 Å². The highest BCUT2D eigenvalue weighted by atomic mass is 32.1. The Bertz CT molecular complexity index is 354. The molecule has 1 heterocycles. The minimum atomic E-state index is -0.159. The van der Waals surface area contributed by atoms with Gasteiger partial charge >= 0.3 is 0 Å². The first kappa shape index (κ1) is 10.5. The number of nitriles is 1. The van der Waals surface area contributed by atoms with E-state index >= 15 is 0 Å². The molecule has 0 saturated carbocycles. The normalized spacial score (nSPS) is 9.14. The fraction of sp³-hybridized carbons (Fsp3) is 0.333. The summed E-state index contributed by atoms with van der Waals surface area (Å²) >= 11 is 1.32. The Balaban J connectivity index is 2.48. The fourth-order valence-electron chi connectivity index (χ4n) is 0.864. The number of amides is 1. The second kappa shape index (κ2) is 5.25. The molecule has 74 valence electrons. The summed E-state index contributed by atoms with van der Waals surface area (Å²) < 4.78 is 4.95. The van der Waals surface area contributed by atoms with Crippen LogP contribution in [0.4, 0.5) is 0 Å². The topological polar surface area (TPSA) is 62.1 Å². The number of carbonyl (C=O) groups excluding carboxylic acids is 1. The van der Waals surface area contributed by atoms with E-state index in [-0.39, 0.29) is 5.91 Å². The van der Waals surface area contributed by atoms with Crippen molar-refractivity contribution in [3.05, 3.63) is 16.3 Å². The van der Waals surface area contributed by atoms with E-state index in [0.717, 1.165) is 0 Å². The van der Waals surface area contributed by atoms with Gasteiger partial charge in [0.1, 0.15) is 5.75 Å². The predicted molar refractivity (Wildman–Crippen MR) is 53.4 cm³/mol. The highest BCUT2D eigenvalue weighted by Crippen LogP contribution is 2.20. The molecule has 0 aliphatic rings. The Morgan fingerprint density at radius 3 is 3.14 bits per heavy atom. The largest absolute Gasteiger partial charge is 0.496 e. The summed E-state index contributed by atoms with van der Waals surface area (Å²) in [6.07, 6.45) is 0.328. The zero-order valence-corrected chi connectivity index (χ0v) is 8.56. The second-order valence-electron chi connectivity index (χ2n) is 2.51. The van der Waals surface area contributed by atoms with Crippen molar-refractivity contribution in [1.82, 2.24) is 5.32 Å². The first-order valence-electron chi connectivity index (χ1n) is 4.05. The van der Waals surface area contributed by atoms with Crippen molar-refractivity contribution in [2.45, 2.75) is 6.42 Å². The number of carbonyl (C=O) groups is 1. The maximum absolute atomic E-state index is 11.4. The van der Waals surface area contributed by atoms with Crippen LogP contribution in [0.3, 0.4) is 0 Å². The zero-order valence-electron chi connectivity index (χ0n) is 7.74. The van der Waals surface area contributed by atoms with Crippen LogP contribution in [0, 0.1) is 11.3 Å². The van der Waals surface area contributed by atoms with Gasteiger partial charge in [-0.15, -0.1) is 11.3 Å². The van der Waals surface area contributed by atoms with Gasteiger partial charge in [-0.1, -0.05) is 0 Å².